The normalized spacial score (nSPS) is 26.0. The number of anilines is 1. The van der Waals surface area contributed by atoms with E-state index in [1.807, 2.05) is 4.90 Å². The number of halogens is 3. The highest BCUT2D eigenvalue weighted by atomic mass is 19.4. The van der Waals surface area contributed by atoms with Crippen LogP contribution in [0.4, 0.5) is 23.7 Å². The molecule has 1 unspecified atom stereocenters. The second kappa shape index (κ2) is 9.85. The van der Waals surface area contributed by atoms with Crippen molar-refractivity contribution in [3.63, 3.8) is 0 Å². The predicted molar refractivity (Wildman–Crippen MR) is 123 cm³/mol. The summed E-state index contributed by atoms with van der Waals surface area (Å²) in [6.07, 6.45) is -1.72. The van der Waals surface area contributed by atoms with Gasteiger partial charge >= 0.3 is 12.2 Å². The Bertz CT molecular complexity index is 945. The summed E-state index contributed by atoms with van der Waals surface area (Å²) in [7, 11) is 0. The van der Waals surface area contributed by atoms with Crippen LogP contribution < -0.4 is 10.2 Å². The zero-order valence-corrected chi connectivity index (χ0v) is 19.7. The van der Waals surface area contributed by atoms with Crippen LogP contribution in [0.15, 0.2) is 18.2 Å². The minimum absolute atomic E-state index is 0.0322. The van der Waals surface area contributed by atoms with Crippen molar-refractivity contribution in [2.24, 2.45) is 0 Å². The lowest BCUT2D eigenvalue weighted by atomic mass is 10.0. The topological polar surface area (TPSA) is 68.4 Å². The van der Waals surface area contributed by atoms with Crippen LogP contribution in [0.1, 0.15) is 30.4 Å². The Hall–Kier alpha value is -2.53. The molecule has 0 saturated carbocycles. The van der Waals surface area contributed by atoms with E-state index < -0.39 is 11.7 Å². The van der Waals surface area contributed by atoms with Crippen molar-refractivity contribution < 1.29 is 27.5 Å². The number of ether oxygens (including phenoxy) is 1. The van der Waals surface area contributed by atoms with Gasteiger partial charge in [-0.1, -0.05) is 6.07 Å². The second-order valence-electron chi connectivity index (χ2n) is 9.84. The number of hydrogen-bond donors (Lipinski definition) is 1. The number of benzene rings is 1. The monoisotopic (exact) mass is 495 g/mol. The van der Waals surface area contributed by atoms with E-state index in [9.17, 15) is 22.8 Å². The molecule has 192 valence electrons. The maximum atomic E-state index is 13.3. The molecule has 8 nitrogen and oxygen atoms in total. The standard InChI is InChI=1S/C24H32F3N5O3/c25-24(26,27)18-4-3-17(20(13-18)30-6-1-2-7-30)14-29-9-11-31(12-10-29)23(34)32-8-5-21-19(15-32)28-22(33)16-35-21/h3-4,13,19,21H,1-2,5-12,14-16H2,(H,28,33)/t19-,21?/m1/s1. The fourth-order valence-electron chi connectivity index (χ4n) is 5.54. The Balaban J connectivity index is 1.19. The van der Waals surface area contributed by atoms with Crippen molar-refractivity contribution in [2.45, 2.75) is 44.1 Å². The van der Waals surface area contributed by atoms with Gasteiger partial charge in [-0.05, 0) is 37.0 Å². The first-order valence-electron chi connectivity index (χ1n) is 12.4. The van der Waals surface area contributed by atoms with Gasteiger partial charge in [0.1, 0.15) is 6.61 Å². The summed E-state index contributed by atoms with van der Waals surface area (Å²) in [5, 5.41) is 2.92. The van der Waals surface area contributed by atoms with Gasteiger partial charge in [0.15, 0.2) is 0 Å². The number of urea groups is 1. The third-order valence-electron chi connectivity index (χ3n) is 7.49. The Morgan fingerprint density at radius 3 is 2.49 bits per heavy atom. The summed E-state index contributed by atoms with van der Waals surface area (Å²) >= 11 is 0. The van der Waals surface area contributed by atoms with Gasteiger partial charge < -0.3 is 24.8 Å². The smallest absolute Gasteiger partial charge is 0.371 e. The van der Waals surface area contributed by atoms with E-state index in [2.05, 4.69) is 15.1 Å². The lowest BCUT2D eigenvalue weighted by Crippen LogP contribution is -2.63. The van der Waals surface area contributed by atoms with Gasteiger partial charge in [-0.15, -0.1) is 0 Å². The van der Waals surface area contributed by atoms with Crippen molar-refractivity contribution in [3.8, 4) is 0 Å². The molecule has 11 heteroatoms. The number of nitrogens with zero attached hydrogens (tertiary/aromatic N) is 4. The fourth-order valence-corrected chi connectivity index (χ4v) is 5.54. The van der Waals surface area contributed by atoms with Crippen LogP contribution in [-0.4, -0.2) is 97.7 Å². The summed E-state index contributed by atoms with van der Waals surface area (Å²) in [5.74, 6) is -0.147. The summed E-state index contributed by atoms with van der Waals surface area (Å²) in [6.45, 7) is 5.68. The number of piperidine rings is 1. The molecule has 1 N–H and O–H groups in total. The number of morpholine rings is 1. The molecule has 0 spiro atoms. The van der Waals surface area contributed by atoms with Gasteiger partial charge in [0.25, 0.3) is 0 Å². The zero-order chi connectivity index (χ0) is 24.6. The number of alkyl halides is 3. The average Bonchev–Trinajstić information content (AvgIpc) is 3.38. The molecule has 1 aromatic carbocycles. The Morgan fingerprint density at radius 2 is 1.77 bits per heavy atom. The van der Waals surface area contributed by atoms with Gasteiger partial charge in [0.2, 0.25) is 5.91 Å². The van der Waals surface area contributed by atoms with E-state index in [1.165, 1.54) is 12.1 Å². The number of carbonyl (C=O) groups is 2. The number of amides is 3. The van der Waals surface area contributed by atoms with E-state index in [-0.39, 0.29) is 30.7 Å². The first-order valence-corrected chi connectivity index (χ1v) is 12.4. The number of fused-ring (bicyclic) bond motifs is 1. The minimum atomic E-state index is -4.36. The highest BCUT2D eigenvalue weighted by Crippen LogP contribution is 2.35. The molecule has 0 aliphatic carbocycles. The summed E-state index contributed by atoms with van der Waals surface area (Å²) in [5.41, 5.74) is 0.965. The molecule has 4 saturated heterocycles. The van der Waals surface area contributed by atoms with Gasteiger partial charge in [0.05, 0.1) is 17.7 Å². The Labute approximate surface area is 202 Å². The summed E-state index contributed by atoms with van der Waals surface area (Å²) in [6, 6.07) is 3.87. The number of carbonyl (C=O) groups excluding carboxylic acids is 2. The van der Waals surface area contributed by atoms with Crippen LogP contribution in [0.5, 0.6) is 0 Å². The summed E-state index contributed by atoms with van der Waals surface area (Å²) in [4.78, 5) is 32.6. The van der Waals surface area contributed by atoms with Crippen molar-refractivity contribution in [2.75, 3.05) is 63.9 Å². The average molecular weight is 496 g/mol. The third-order valence-corrected chi connectivity index (χ3v) is 7.49. The van der Waals surface area contributed by atoms with Crippen LogP contribution in [-0.2, 0) is 22.3 Å². The maximum absolute atomic E-state index is 13.3. The molecule has 0 radical (unpaired) electrons. The first-order chi connectivity index (χ1) is 16.8. The molecule has 0 bridgehead atoms. The SMILES string of the molecule is O=C1COC2CCN(C(=O)N3CCN(Cc4ccc(C(F)(F)F)cc4N4CCCC4)CC3)C[C@H]2N1. The van der Waals surface area contributed by atoms with Crippen LogP contribution >= 0.6 is 0 Å². The molecule has 4 aliphatic heterocycles. The summed E-state index contributed by atoms with van der Waals surface area (Å²) < 4.78 is 45.6. The molecule has 35 heavy (non-hydrogen) atoms. The van der Waals surface area contributed by atoms with E-state index >= 15 is 0 Å². The van der Waals surface area contributed by atoms with E-state index in [4.69, 9.17) is 4.74 Å². The van der Waals surface area contributed by atoms with E-state index in [0.717, 1.165) is 31.5 Å². The van der Waals surface area contributed by atoms with Gasteiger partial charge in [-0.2, -0.15) is 13.2 Å². The number of rotatable bonds is 3. The van der Waals surface area contributed by atoms with Crippen LogP contribution in [0.25, 0.3) is 0 Å². The molecule has 0 aromatic heterocycles. The van der Waals surface area contributed by atoms with Gasteiger partial charge in [0, 0.05) is 64.6 Å². The Kier molecular flexibility index (Phi) is 6.80. The van der Waals surface area contributed by atoms with Gasteiger partial charge in [-0.3, -0.25) is 9.69 Å². The molecule has 4 heterocycles. The molecule has 1 aromatic rings. The third kappa shape index (κ3) is 5.35. The molecule has 4 aliphatic rings. The number of nitrogens with one attached hydrogen (secondary N) is 1. The second-order valence-corrected chi connectivity index (χ2v) is 9.84. The van der Waals surface area contributed by atoms with Crippen molar-refractivity contribution in [1.29, 1.82) is 0 Å². The maximum Gasteiger partial charge on any atom is 0.416 e. The van der Waals surface area contributed by atoms with Crippen LogP contribution in [0.2, 0.25) is 0 Å². The largest absolute Gasteiger partial charge is 0.416 e. The molecule has 5 rings (SSSR count). The van der Waals surface area contributed by atoms with Crippen molar-refractivity contribution in [3.05, 3.63) is 29.3 Å². The van der Waals surface area contributed by atoms with Crippen molar-refractivity contribution in [1.82, 2.24) is 20.0 Å². The van der Waals surface area contributed by atoms with Gasteiger partial charge in [-0.25, -0.2) is 4.79 Å². The van der Waals surface area contributed by atoms with Crippen molar-refractivity contribution >= 4 is 17.6 Å². The highest BCUT2D eigenvalue weighted by molar-refractivity contribution is 5.79. The zero-order valence-electron chi connectivity index (χ0n) is 19.7. The molecular weight excluding hydrogens is 463 g/mol. The number of hydrogen-bond acceptors (Lipinski definition) is 5. The van der Waals surface area contributed by atoms with Crippen LogP contribution in [0.3, 0.4) is 0 Å². The number of piperazine rings is 1. The Morgan fingerprint density at radius 1 is 1.03 bits per heavy atom. The minimum Gasteiger partial charge on any atom is -0.371 e. The van der Waals surface area contributed by atoms with E-state index in [1.54, 1.807) is 11.0 Å². The molecular formula is C24H32F3N5O3. The fraction of sp³-hybridized carbons (Fsp3) is 0.667. The number of likely N-dealkylation sites (tertiary alicyclic amines) is 1. The predicted octanol–water partition coefficient (Wildman–Crippen LogP) is 2.13. The van der Waals surface area contributed by atoms with Crippen LogP contribution in [0, 0.1) is 0 Å². The first kappa shape index (κ1) is 24.2. The molecule has 3 amide bonds. The molecule has 2 atom stereocenters. The lowest BCUT2D eigenvalue weighted by Gasteiger charge is -2.44. The quantitative estimate of drug-likeness (QED) is 0.696. The van der Waals surface area contributed by atoms with E-state index in [0.29, 0.717) is 57.9 Å². The molecule has 4 fully saturated rings. The lowest BCUT2D eigenvalue weighted by molar-refractivity contribution is -0.140. The highest BCUT2D eigenvalue weighted by Gasteiger charge is 2.38.